The molecule has 0 saturated carbocycles. The third-order valence-corrected chi connectivity index (χ3v) is 32.0. The Labute approximate surface area is 891 Å². The first kappa shape index (κ1) is 116. The van der Waals surface area contributed by atoms with Gasteiger partial charge in [0.1, 0.15) is 0 Å². The number of pyridine rings is 4. The van der Waals surface area contributed by atoms with Crippen LogP contribution in [0.3, 0.4) is 0 Å². The van der Waals surface area contributed by atoms with Crippen molar-refractivity contribution in [2.75, 3.05) is 91.6 Å². The number of halogens is 6. The monoisotopic (exact) mass is 2350 g/mol. The molecule has 4 fully saturated rings. The first-order chi connectivity index (χ1) is 66.7. The first-order valence-electron chi connectivity index (χ1n) is 48.2. The summed E-state index contributed by atoms with van der Waals surface area (Å²) in [6.07, 6.45) is 13.3. The molecule has 4 saturated heterocycles. The van der Waals surface area contributed by atoms with Gasteiger partial charge in [-0.3, -0.25) is 0 Å². The molecule has 0 aliphatic carbocycles. The summed E-state index contributed by atoms with van der Waals surface area (Å²) in [7, 11) is 34.0. The van der Waals surface area contributed by atoms with Gasteiger partial charge in [-0.1, -0.05) is 142 Å². The summed E-state index contributed by atoms with van der Waals surface area (Å²) >= 11 is -3.18. The van der Waals surface area contributed by atoms with Crippen LogP contribution >= 0.6 is 58.1 Å². The summed E-state index contributed by atoms with van der Waals surface area (Å²) in [5.41, 5.74) is 50.2. The average molecular weight is 2350 g/mol. The zero-order valence-electron chi connectivity index (χ0n) is 87.3. The van der Waals surface area contributed by atoms with E-state index in [1.807, 2.05) is 83.1 Å². The van der Waals surface area contributed by atoms with Crippen LogP contribution in [-0.2, 0) is 84.1 Å². The van der Waals surface area contributed by atoms with Crippen LogP contribution in [0.4, 0.5) is 45.5 Å². The molecule has 12 nitrogen and oxygen atoms in total. The molecule has 0 atom stereocenters. The van der Waals surface area contributed by atoms with E-state index in [4.69, 9.17) is 58.1 Å². The Bertz CT molecular complexity index is 5260. The van der Waals surface area contributed by atoms with E-state index in [2.05, 4.69) is 377 Å². The predicted octanol–water partition coefficient (Wildman–Crippen LogP) is 30.1. The number of hydrogen-bond donors (Lipinski definition) is 0. The van der Waals surface area contributed by atoms with Crippen LogP contribution < -0.4 is 39.2 Å². The van der Waals surface area contributed by atoms with Crippen molar-refractivity contribution < 1.29 is 58.4 Å². The molecular weight excluding hydrogens is 2200 g/mol. The fourth-order valence-electron chi connectivity index (χ4n) is 19.9. The normalized spacial score (nSPS) is 13.5. The van der Waals surface area contributed by atoms with Crippen molar-refractivity contribution in [3.63, 3.8) is 0 Å². The number of aryl methyl sites for hydroxylation is 30. The molecule has 0 amide bonds. The molecule has 22 heteroatoms. The Kier molecular flexibility index (Phi) is 48.1. The van der Waals surface area contributed by atoms with Crippen molar-refractivity contribution in [2.24, 2.45) is 0 Å². The molecule has 140 heavy (non-hydrogen) atoms. The van der Waals surface area contributed by atoms with E-state index in [1.54, 1.807) is 6.20 Å². The Hall–Kier alpha value is -7.53. The summed E-state index contributed by atoms with van der Waals surface area (Å²) in [4.78, 5) is 36.3. The number of aromatic nitrogens is 4. The van der Waals surface area contributed by atoms with Crippen molar-refractivity contribution in [3.8, 4) is 0 Å². The Morgan fingerprint density at radius 3 is 0.671 bits per heavy atom. The van der Waals surface area contributed by atoms with Crippen LogP contribution in [0.15, 0.2) is 182 Å². The molecular formula is C118H148Cl6N12Ru4-4. The zero-order valence-corrected chi connectivity index (χ0v) is 98.8. The summed E-state index contributed by atoms with van der Waals surface area (Å²) in [5.74, 6) is 0. The van der Waals surface area contributed by atoms with Crippen LogP contribution in [-0.4, -0.2) is 90.7 Å². The van der Waals surface area contributed by atoms with Crippen LogP contribution in [0.25, 0.3) is 0 Å². The second-order valence-corrected chi connectivity index (χ2v) is 53.4. The van der Waals surface area contributed by atoms with Crippen LogP contribution in [0, 0.1) is 207 Å². The van der Waals surface area contributed by atoms with Gasteiger partial charge in [-0.2, -0.15) is 26.7 Å². The Morgan fingerprint density at radius 2 is 0.464 bits per heavy atom. The van der Waals surface area contributed by atoms with E-state index in [1.165, 1.54) is 185 Å². The molecule has 0 radical (unpaired) electrons. The van der Waals surface area contributed by atoms with Crippen LogP contribution in [0.2, 0.25) is 0 Å². The summed E-state index contributed by atoms with van der Waals surface area (Å²) < 4.78 is 8.31. The molecule has 0 bridgehead atoms. The van der Waals surface area contributed by atoms with E-state index >= 15 is 0 Å². The molecule has 4 aromatic heterocycles. The van der Waals surface area contributed by atoms with E-state index in [0.29, 0.717) is 0 Å². The maximum atomic E-state index is 5.71. The molecule has 8 aromatic carbocycles. The van der Waals surface area contributed by atoms with Gasteiger partial charge in [0.05, 0.1) is 0 Å². The molecule has 4 aliphatic rings. The number of anilines is 8. The zero-order chi connectivity index (χ0) is 102. The van der Waals surface area contributed by atoms with Gasteiger partial charge >= 0.3 is 339 Å². The fourth-order valence-corrected chi connectivity index (χ4v) is 24.8. The molecule has 4 aliphatic heterocycles. The molecule has 12 aromatic rings. The minimum atomic E-state index is -1.57. The molecule has 0 spiro atoms. The standard InChI is InChI=1S/4C21H27N2.2C9H11N.2C8H9N.6ClH.4Ru/c4*1-14-9-16(3)20(17(4)10-14)22-7-8-23(13-22)21-18(5)11-15(2)12-19(21)6;1-3-5-9-7-4-6-8(2)10-9;1-3-4-9-7-8(2)5-6-10-9;2*1-2-5-8-6-3-4-7-9-8;;;;;;;;;;/h4*9-13H,7-8H2,1-6H3;1,4,6-7H,3,5H2,2H3;1,5-7H,3-4H2,2H3;2*1,3-4,6-7H,2,5H2;6*1H;;;;/q4*-1;;;;;;;;;;;2*+1;2*+2/p-6. The van der Waals surface area contributed by atoms with Gasteiger partial charge in [-0.15, -0.1) is 0 Å². The van der Waals surface area contributed by atoms with Crippen molar-refractivity contribution in [3.05, 3.63) is 377 Å². The number of nitrogens with zero attached hydrogens (tertiary/aromatic N) is 12. The van der Waals surface area contributed by atoms with Crippen molar-refractivity contribution in [1.29, 1.82) is 0 Å². The predicted molar refractivity (Wildman–Crippen MR) is 600 cm³/mol. The van der Waals surface area contributed by atoms with E-state index < -0.39 is 27.0 Å². The Morgan fingerprint density at radius 1 is 0.250 bits per heavy atom. The van der Waals surface area contributed by atoms with Crippen LogP contribution in [0.1, 0.15) is 193 Å². The van der Waals surface area contributed by atoms with Crippen molar-refractivity contribution >= 4 is 122 Å². The van der Waals surface area contributed by atoms with Gasteiger partial charge in [-0.05, 0) is 255 Å². The Balaban J connectivity index is 0.000000182. The summed E-state index contributed by atoms with van der Waals surface area (Å²) in [5, 5.41) is 0. The van der Waals surface area contributed by atoms with Crippen molar-refractivity contribution in [1.82, 2.24) is 19.9 Å². The molecule has 8 heterocycles. The molecule has 0 N–H and O–H groups in total. The van der Waals surface area contributed by atoms with Gasteiger partial charge < -0.3 is 39.2 Å². The molecule has 0 unspecified atom stereocenters. The first-order valence-corrected chi connectivity index (χ1v) is 65.6. The third kappa shape index (κ3) is 36.0. The number of hydrogen-bond acceptors (Lipinski definition) is 12. The SMILES string of the molecule is Cc1cc(C)c(N2[CH-]N(c3c(C)cc(C)cc3C)CC2)c(C)c1.Cc1cc(C)c(N2[CH-]N(c3c(C)cc(C)cc3C)CC2)c(C)c1.Cc1cc(C)c(N2[CH-]N(c3c(C)cc(C)cc3C)CC2)c(C)c1.Cc1cc(C)c(N2[CH-]N(c3c(C)cc(C)cc3C)CC2)c(C)c1.Cc1cccc(CC[CH]=[Ru][Cl])n1.Cc1ccnc(CC[CH]=[Ru]([Cl])[Cl])c1.[Cl][Ru]([Cl])=[CH]CCc1ccccn1.[Cl][Ru]=[CH]CCc1ccccn1. The van der Waals surface area contributed by atoms with Crippen molar-refractivity contribution in [2.45, 2.75) is 231 Å². The second kappa shape index (κ2) is 58.0. The van der Waals surface area contributed by atoms with Gasteiger partial charge in [-0.25, -0.2) is 0 Å². The average Bonchev–Trinajstić information content (AvgIpc) is 1.75. The van der Waals surface area contributed by atoms with E-state index in [0.717, 1.165) is 132 Å². The van der Waals surface area contributed by atoms with Gasteiger partial charge in [0, 0.05) is 97.9 Å². The number of rotatable bonds is 20. The molecule has 16 rings (SSSR count). The molecule has 758 valence electrons. The topological polar surface area (TPSA) is 77.5 Å². The quantitative estimate of drug-likeness (QED) is 0.0539. The van der Waals surface area contributed by atoms with Crippen LogP contribution in [0.5, 0.6) is 0 Å². The summed E-state index contributed by atoms with van der Waals surface area (Å²) in [6.45, 7) is 74.4. The maximum absolute atomic E-state index is 5.71. The van der Waals surface area contributed by atoms with E-state index in [9.17, 15) is 0 Å². The third-order valence-electron chi connectivity index (χ3n) is 24.5. The number of benzene rings is 8. The van der Waals surface area contributed by atoms with Gasteiger partial charge in [0.2, 0.25) is 0 Å². The van der Waals surface area contributed by atoms with Gasteiger partial charge in [0.15, 0.2) is 0 Å². The fraction of sp³-hybridized carbons (Fsp3) is 0.356. The second-order valence-electron chi connectivity index (χ2n) is 37.5. The summed E-state index contributed by atoms with van der Waals surface area (Å²) in [6, 6.07) is 58.6. The minimum absolute atomic E-state index is 0.0254. The van der Waals surface area contributed by atoms with Gasteiger partial charge in [0.25, 0.3) is 0 Å². The van der Waals surface area contributed by atoms with E-state index in [-0.39, 0.29) is 31.4 Å².